The molecule has 1 fully saturated rings. The molecular formula is C21H18N7NaO7S2. The van der Waals surface area contributed by atoms with Gasteiger partial charge in [0.05, 0.1) is 11.7 Å². The number of nitrogens with zero attached hydrogens (tertiary/aromatic N) is 5. The first kappa shape index (κ1) is 29.2. The Morgan fingerprint density at radius 3 is 2.68 bits per heavy atom. The van der Waals surface area contributed by atoms with Gasteiger partial charge in [-0.3, -0.25) is 14.5 Å². The topological polar surface area (TPSA) is 193 Å². The molecule has 0 aliphatic carbocycles. The largest absolute Gasteiger partial charge is 1.00 e. The molecule has 0 bridgehead atoms. The number of hydrogen-bond donors (Lipinski definition) is 2. The maximum Gasteiger partial charge on any atom is 1.00 e. The van der Waals surface area contributed by atoms with Gasteiger partial charge in [-0.05, 0) is 0 Å². The quantitative estimate of drug-likeness (QED) is 0.0532. The minimum atomic E-state index is -1.62. The third kappa shape index (κ3) is 6.39. The summed E-state index contributed by atoms with van der Waals surface area (Å²) in [4.78, 5) is 58.6. The molecule has 2 N–H and O–H groups in total. The van der Waals surface area contributed by atoms with E-state index in [1.165, 1.54) is 17.8 Å². The van der Waals surface area contributed by atoms with Crippen molar-refractivity contribution in [3.05, 3.63) is 60.3 Å². The van der Waals surface area contributed by atoms with Crippen LogP contribution < -0.4 is 55.0 Å². The number of aliphatic carboxylic acids is 1. The zero-order valence-corrected chi connectivity index (χ0v) is 23.5. The fourth-order valence-corrected chi connectivity index (χ4v) is 5.45. The minimum absolute atomic E-state index is 0. The van der Waals surface area contributed by atoms with Gasteiger partial charge < -0.3 is 35.3 Å². The molecule has 3 amide bonds. The zero-order valence-electron chi connectivity index (χ0n) is 19.9. The van der Waals surface area contributed by atoms with Crippen LogP contribution >= 0.6 is 23.3 Å². The van der Waals surface area contributed by atoms with E-state index in [0.717, 1.165) is 4.90 Å². The van der Waals surface area contributed by atoms with Crippen LogP contribution in [0.5, 0.6) is 0 Å². The number of anilines is 1. The third-order valence-corrected chi connectivity index (χ3v) is 7.06. The summed E-state index contributed by atoms with van der Waals surface area (Å²) in [5.74, 6) is -2.98. The number of fused-ring (bicyclic) bond motifs is 1. The summed E-state index contributed by atoms with van der Waals surface area (Å²) >= 11 is 1.92. The number of thioether (sulfide) groups is 1. The second kappa shape index (κ2) is 13.0. The van der Waals surface area contributed by atoms with Gasteiger partial charge in [0.15, 0.2) is 18.9 Å². The predicted molar refractivity (Wildman–Crippen MR) is 125 cm³/mol. The van der Waals surface area contributed by atoms with Gasteiger partial charge in [-0.1, -0.05) is 23.9 Å². The van der Waals surface area contributed by atoms with Gasteiger partial charge >= 0.3 is 29.6 Å². The number of carbonyl (C=O) groups is 4. The van der Waals surface area contributed by atoms with E-state index >= 15 is 0 Å². The zero-order chi connectivity index (χ0) is 26.5. The van der Waals surface area contributed by atoms with Gasteiger partial charge in [0.25, 0.3) is 11.8 Å². The molecule has 1 unspecified atom stereocenters. The van der Waals surface area contributed by atoms with Crippen LogP contribution in [0.1, 0.15) is 5.82 Å². The Morgan fingerprint density at radius 1 is 1.29 bits per heavy atom. The van der Waals surface area contributed by atoms with Gasteiger partial charge in [-0.2, -0.15) is 9.36 Å². The average molecular weight is 568 g/mol. The van der Waals surface area contributed by atoms with E-state index in [4.69, 9.17) is 4.84 Å². The van der Waals surface area contributed by atoms with E-state index in [-0.39, 0.29) is 59.4 Å². The fourth-order valence-electron chi connectivity index (χ4n) is 3.56. The fraction of sp³-hybridized carbons (Fsp3) is 0.238. The molecule has 2 aromatic rings. The summed E-state index contributed by atoms with van der Waals surface area (Å²) in [5.41, 5.74) is -0.151. The first-order valence-corrected chi connectivity index (χ1v) is 12.4. The van der Waals surface area contributed by atoms with Crippen molar-refractivity contribution in [3.63, 3.8) is 0 Å². The summed E-state index contributed by atoms with van der Waals surface area (Å²) in [5, 5.41) is 29.9. The van der Waals surface area contributed by atoms with Crippen molar-refractivity contribution in [1.82, 2.24) is 19.6 Å². The number of aromatic nitrogens is 3. The van der Waals surface area contributed by atoms with Crippen molar-refractivity contribution >= 4 is 58.0 Å². The molecule has 2 aliphatic rings. The van der Waals surface area contributed by atoms with Crippen molar-refractivity contribution < 1.29 is 68.4 Å². The van der Waals surface area contributed by atoms with Crippen LogP contribution in [0.2, 0.25) is 0 Å². The van der Waals surface area contributed by atoms with E-state index < -0.39 is 41.0 Å². The van der Waals surface area contributed by atoms with Gasteiger partial charge in [0.1, 0.15) is 24.1 Å². The van der Waals surface area contributed by atoms with Crippen LogP contribution in [0.3, 0.4) is 0 Å². The molecule has 0 spiro atoms. The molecule has 17 heteroatoms. The number of hydrogen-bond acceptors (Lipinski definition) is 12. The number of β-lactam (4-membered cyclic amide) rings is 1. The Balaban J connectivity index is 0.00000400. The maximum absolute atomic E-state index is 13.0. The Kier molecular flexibility index (Phi) is 9.98. The third-order valence-electron chi connectivity index (χ3n) is 5.09. The van der Waals surface area contributed by atoms with Crippen molar-refractivity contribution in [2.24, 2.45) is 5.16 Å². The molecule has 2 aromatic heterocycles. The number of pyridine rings is 1. The molecule has 0 saturated carbocycles. The number of carboxylic acids is 1. The smallest absolute Gasteiger partial charge is 0.543 e. The summed E-state index contributed by atoms with van der Waals surface area (Å²) in [7, 11) is 0. The van der Waals surface area contributed by atoms with Crippen LogP contribution in [0, 0.1) is 0 Å². The van der Waals surface area contributed by atoms with E-state index in [2.05, 4.69) is 26.4 Å². The Bertz CT molecular complexity index is 1320. The van der Waals surface area contributed by atoms with Crippen molar-refractivity contribution in [3.8, 4) is 0 Å². The number of rotatable bonds is 10. The van der Waals surface area contributed by atoms with Crippen molar-refractivity contribution in [2.75, 3.05) is 17.7 Å². The maximum atomic E-state index is 13.0. The molecule has 2 atom stereocenters. The number of oxime groups is 1. The van der Waals surface area contributed by atoms with Gasteiger partial charge in [-0.25, -0.2) is 4.57 Å². The molecule has 14 nitrogen and oxygen atoms in total. The van der Waals surface area contributed by atoms with Crippen LogP contribution in [-0.2, 0) is 25.8 Å². The summed E-state index contributed by atoms with van der Waals surface area (Å²) < 4.78 is 5.67. The number of amides is 3. The van der Waals surface area contributed by atoms with Crippen LogP contribution in [0.15, 0.2) is 59.7 Å². The second-order valence-corrected chi connectivity index (χ2v) is 9.37. The minimum Gasteiger partial charge on any atom is -0.543 e. The second-order valence-electron chi connectivity index (χ2n) is 7.51. The molecule has 192 valence electrons. The van der Waals surface area contributed by atoms with Crippen molar-refractivity contribution in [1.29, 1.82) is 0 Å². The molecular weight excluding hydrogens is 549 g/mol. The molecule has 4 rings (SSSR count). The monoisotopic (exact) mass is 567 g/mol. The number of carboxylic acid groups (broad SMARTS) is 2. The van der Waals surface area contributed by atoms with Crippen LogP contribution in [0.4, 0.5) is 9.93 Å². The first-order chi connectivity index (χ1) is 17.8. The summed E-state index contributed by atoms with van der Waals surface area (Å²) in [6.45, 7) is 3.67. The molecule has 38 heavy (non-hydrogen) atoms. The van der Waals surface area contributed by atoms with Crippen molar-refractivity contribution in [2.45, 2.75) is 18.0 Å². The van der Waals surface area contributed by atoms with E-state index in [0.29, 0.717) is 22.9 Å². The molecule has 1 saturated heterocycles. The summed E-state index contributed by atoms with van der Waals surface area (Å²) in [6, 6.07) is 4.35. The van der Waals surface area contributed by atoms with Gasteiger partial charge in [0, 0.05) is 35.0 Å². The Morgan fingerprint density at radius 2 is 2.03 bits per heavy atom. The standard InChI is InChI=1S/C21H19N7O7S2.Na/c1-2-8-35-25-12(15-23-20(37-26-15)24-21(33)34)16(29)22-13-17(30)28-14(19(31)32)11(10-36-18(13)28)9-27-6-4-3-5-7-27;/h2-7,13,18H,1,8-10H2,(H3-,22,23,24,26,29,31,32,33,34);/q;+1/p-1/t13?,18-;/m1./s1. The van der Waals surface area contributed by atoms with Gasteiger partial charge in [-0.15, -0.1) is 11.8 Å². The number of nitrogens with one attached hydrogen (secondary N) is 2. The van der Waals surface area contributed by atoms with Crippen LogP contribution in [0.25, 0.3) is 0 Å². The van der Waals surface area contributed by atoms with Crippen LogP contribution in [-0.4, -0.2) is 67.6 Å². The van der Waals surface area contributed by atoms with E-state index in [1.807, 2.05) is 11.4 Å². The molecule has 4 heterocycles. The Hall–Kier alpha value is -3.31. The summed E-state index contributed by atoms with van der Waals surface area (Å²) in [6.07, 6.45) is 3.30. The molecule has 2 aliphatic heterocycles. The number of carbonyl (C=O) groups excluding carboxylic acids is 4. The van der Waals surface area contributed by atoms with E-state index in [9.17, 15) is 29.4 Å². The van der Waals surface area contributed by atoms with E-state index in [1.54, 1.807) is 29.1 Å². The first-order valence-electron chi connectivity index (χ1n) is 10.6. The Labute approximate surface area is 245 Å². The van der Waals surface area contributed by atoms with Gasteiger partial charge in [0.2, 0.25) is 16.7 Å². The molecule has 0 aromatic carbocycles. The molecule has 0 radical (unpaired) electrons. The predicted octanol–water partition coefficient (Wildman–Crippen LogP) is -5.40. The SMILES string of the molecule is C=CCON=C(C(=O)NC1C(=O)N2C(C(=O)[O-])=C(C[n+]3ccccc3)CS[C@H]12)c1nsc(NC(=O)[O-])n1.[Na+]. The normalized spacial score (nSPS) is 18.5. The average Bonchev–Trinajstić information content (AvgIpc) is 3.32.